The van der Waals surface area contributed by atoms with Crippen molar-refractivity contribution in [2.45, 2.75) is 37.1 Å². The second-order valence-corrected chi connectivity index (χ2v) is 6.81. The standard InChI is InChI=1S/C13H15BrN2O3S.ClH/c14-5-7-6-20-12-9(15-8-3-1-2-4-8)11(17)16(12)10(7)13(18)19;/h9,12H,1-6H2,(H,18,19);1H/t9-,12+;/m1./s1. The van der Waals surface area contributed by atoms with E-state index in [0.717, 1.165) is 37.0 Å². The summed E-state index contributed by atoms with van der Waals surface area (Å²) in [6.45, 7) is 0. The largest absolute Gasteiger partial charge is 0.477 e. The lowest BCUT2D eigenvalue weighted by Crippen LogP contribution is -2.64. The number of carbonyl (C=O) groups is 2. The van der Waals surface area contributed by atoms with Crippen LogP contribution in [-0.4, -0.2) is 50.1 Å². The Morgan fingerprint density at radius 1 is 1.43 bits per heavy atom. The maximum Gasteiger partial charge on any atom is 0.352 e. The van der Waals surface area contributed by atoms with Crippen LogP contribution >= 0.6 is 40.1 Å². The van der Waals surface area contributed by atoms with Gasteiger partial charge in [0.15, 0.2) is 6.04 Å². The predicted molar refractivity (Wildman–Crippen MR) is 88.5 cm³/mol. The fraction of sp³-hybridized carbons (Fsp3) is 0.615. The van der Waals surface area contributed by atoms with Crippen LogP contribution in [0.25, 0.3) is 0 Å². The molecule has 0 spiro atoms. The van der Waals surface area contributed by atoms with Crippen molar-refractivity contribution in [1.29, 1.82) is 0 Å². The number of aliphatic imine (C=N–C) groups is 1. The highest BCUT2D eigenvalue weighted by atomic mass is 79.9. The Kier molecular flexibility index (Phi) is 5.38. The summed E-state index contributed by atoms with van der Waals surface area (Å²) < 4.78 is 0. The number of thioether (sulfide) groups is 1. The van der Waals surface area contributed by atoms with Gasteiger partial charge in [-0.15, -0.1) is 24.2 Å². The first kappa shape index (κ1) is 16.8. The number of hydrogen-bond acceptors (Lipinski definition) is 4. The molecule has 2 atom stereocenters. The van der Waals surface area contributed by atoms with E-state index in [4.69, 9.17) is 0 Å². The molecule has 1 saturated carbocycles. The van der Waals surface area contributed by atoms with Crippen LogP contribution in [-0.2, 0) is 9.59 Å². The van der Waals surface area contributed by atoms with Crippen molar-refractivity contribution in [1.82, 2.24) is 4.90 Å². The quantitative estimate of drug-likeness (QED) is 0.588. The van der Waals surface area contributed by atoms with Gasteiger partial charge in [0.05, 0.1) is 0 Å². The van der Waals surface area contributed by atoms with E-state index in [0.29, 0.717) is 11.1 Å². The second-order valence-electron chi connectivity index (χ2n) is 5.15. The third kappa shape index (κ3) is 2.87. The molecule has 2 fully saturated rings. The number of aliphatic carboxylic acids is 1. The fourth-order valence-corrected chi connectivity index (χ4v) is 4.92. The maximum absolute atomic E-state index is 12.3. The molecular formula is C13H16BrClN2O3S. The topological polar surface area (TPSA) is 70.0 Å². The summed E-state index contributed by atoms with van der Waals surface area (Å²) in [4.78, 5) is 29.6. The number of rotatable bonds is 3. The number of carbonyl (C=O) groups excluding carboxylic acids is 1. The van der Waals surface area contributed by atoms with Crippen LogP contribution < -0.4 is 0 Å². The average Bonchev–Trinajstić information content (AvgIpc) is 2.95. The van der Waals surface area contributed by atoms with Gasteiger partial charge >= 0.3 is 5.97 Å². The highest BCUT2D eigenvalue weighted by Crippen LogP contribution is 2.42. The zero-order chi connectivity index (χ0) is 14.3. The minimum Gasteiger partial charge on any atom is -0.477 e. The van der Waals surface area contributed by atoms with E-state index in [2.05, 4.69) is 20.9 Å². The monoisotopic (exact) mass is 394 g/mol. The number of β-lactam (4-membered cyclic amide) rings is 1. The van der Waals surface area contributed by atoms with Gasteiger partial charge in [0.25, 0.3) is 5.91 Å². The number of fused-ring (bicyclic) bond motifs is 1. The molecule has 1 aliphatic carbocycles. The summed E-state index contributed by atoms with van der Waals surface area (Å²) in [6.07, 6.45) is 4.26. The SMILES string of the molecule is Cl.O=C(O)C1=C(CBr)CS[C@H]2[C@H](N=C3CCCC3)C(=O)N12. The Hall–Kier alpha value is -0.530. The molecule has 0 radical (unpaired) electrons. The van der Waals surface area contributed by atoms with Crippen molar-refractivity contribution >= 4 is 57.7 Å². The molecule has 116 valence electrons. The normalized spacial score (nSPS) is 28.0. The van der Waals surface area contributed by atoms with Gasteiger partial charge in [-0.05, 0) is 31.3 Å². The summed E-state index contributed by atoms with van der Waals surface area (Å²) in [5, 5.41) is 9.68. The zero-order valence-electron chi connectivity index (χ0n) is 11.2. The molecule has 0 unspecified atom stereocenters. The van der Waals surface area contributed by atoms with Gasteiger partial charge in [0.1, 0.15) is 11.1 Å². The number of amides is 1. The molecule has 3 rings (SSSR count). The van der Waals surface area contributed by atoms with Crippen LogP contribution in [0.2, 0.25) is 0 Å². The third-order valence-corrected chi connectivity index (χ3v) is 5.89. The Labute approximate surface area is 141 Å². The van der Waals surface area contributed by atoms with Gasteiger partial charge in [-0.1, -0.05) is 15.9 Å². The Balaban J connectivity index is 0.00000161. The molecule has 2 heterocycles. The van der Waals surface area contributed by atoms with Crippen LogP contribution in [0.5, 0.6) is 0 Å². The molecule has 1 N–H and O–H groups in total. The number of halogens is 2. The fourth-order valence-electron chi connectivity index (χ4n) is 2.86. The van der Waals surface area contributed by atoms with Gasteiger partial charge in [0.2, 0.25) is 0 Å². The number of carboxylic acid groups (broad SMARTS) is 1. The molecule has 21 heavy (non-hydrogen) atoms. The van der Waals surface area contributed by atoms with Gasteiger partial charge < -0.3 is 5.11 Å². The molecule has 1 amide bonds. The minimum atomic E-state index is -1.02. The first-order chi connectivity index (χ1) is 9.63. The molecule has 0 aromatic heterocycles. The maximum atomic E-state index is 12.3. The van der Waals surface area contributed by atoms with Crippen LogP contribution in [0.1, 0.15) is 25.7 Å². The Bertz CT molecular complexity index is 530. The Morgan fingerprint density at radius 2 is 2.10 bits per heavy atom. The molecule has 8 heteroatoms. The molecule has 2 aliphatic heterocycles. The van der Waals surface area contributed by atoms with E-state index in [1.54, 1.807) is 11.8 Å². The van der Waals surface area contributed by atoms with E-state index in [1.165, 1.54) is 4.90 Å². The lowest BCUT2D eigenvalue weighted by molar-refractivity contribution is -0.147. The zero-order valence-corrected chi connectivity index (χ0v) is 14.5. The number of hydrogen-bond donors (Lipinski definition) is 1. The van der Waals surface area contributed by atoms with E-state index < -0.39 is 5.97 Å². The van der Waals surface area contributed by atoms with Crippen molar-refractivity contribution in [3.8, 4) is 0 Å². The molecule has 0 aromatic carbocycles. The van der Waals surface area contributed by atoms with Crippen LogP contribution in [0.15, 0.2) is 16.3 Å². The van der Waals surface area contributed by atoms with E-state index >= 15 is 0 Å². The Morgan fingerprint density at radius 3 is 2.67 bits per heavy atom. The lowest BCUT2D eigenvalue weighted by Gasteiger charge is -2.47. The summed E-state index contributed by atoms with van der Waals surface area (Å²) in [7, 11) is 0. The highest BCUT2D eigenvalue weighted by Gasteiger charge is 2.53. The van der Waals surface area contributed by atoms with Crippen LogP contribution in [0.3, 0.4) is 0 Å². The molecule has 3 aliphatic rings. The summed E-state index contributed by atoms with van der Waals surface area (Å²) in [5.41, 5.74) is 2.04. The van der Waals surface area contributed by atoms with Crippen LogP contribution in [0.4, 0.5) is 0 Å². The second kappa shape index (κ2) is 6.71. The average molecular weight is 396 g/mol. The summed E-state index contributed by atoms with van der Waals surface area (Å²) in [6, 6.07) is -0.376. The van der Waals surface area contributed by atoms with Crippen molar-refractivity contribution in [3.05, 3.63) is 11.3 Å². The first-order valence-electron chi connectivity index (χ1n) is 6.65. The summed E-state index contributed by atoms with van der Waals surface area (Å²) in [5.74, 6) is -0.551. The third-order valence-electron chi connectivity index (χ3n) is 3.89. The van der Waals surface area contributed by atoms with E-state index in [9.17, 15) is 14.7 Å². The van der Waals surface area contributed by atoms with Gasteiger partial charge in [-0.2, -0.15) is 0 Å². The predicted octanol–water partition coefficient (Wildman–Crippen LogP) is 2.44. The van der Waals surface area contributed by atoms with E-state index in [-0.39, 0.29) is 35.4 Å². The van der Waals surface area contributed by atoms with Crippen molar-refractivity contribution in [3.63, 3.8) is 0 Å². The molecule has 0 bridgehead atoms. The first-order valence-corrected chi connectivity index (χ1v) is 8.82. The highest BCUT2D eigenvalue weighted by molar-refractivity contribution is 9.09. The van der Waals surface area contributed by atoms with Gasteiger partial charge in [0, 0.05) is 16.8 Å². The van der Waals surface area contributed by atoms with Crippen molar-refractivity contribution in [2.75, 3.05) is 11.1 Å². The van der Waals surface area contributed by atoms with Gasteiger partial charge in [-0.25, -0.2) is 4.79 Å². The minimum absolute atomic E-state index is 0. The number of carboxylic acids is 1. The lowest BCUT2D eigenvalue weighted by atomic mass is 10.0. The number of alkyl halides is 1. The van der Waals surface area contributed by atoms with Crippen molar-refractivity contribution in [2.24, 2.45) is 4.99 Å². The van der Waals surface area contributed by atoms with E-state index in [1.807, 2.05) is 0 Å². The van der Waals surface area contributed by atoms with Crippen LogP contribution in [0, 0.1) is 0 Å². The van der Waals surface area contributed by atoms with Gasteiger partial charge in [-0.3, -0.25) is 14.7 Å². The molecule has 0 aromatic rings. The smallest absolute Gasteiger partial charge is 0.352 e. The van der Waals surface area contributed by atoms with Crippen molar-refractivity contribution < 1.29 is 14.7 Å². The molecule has 1 saturated heterocycles. The number of nitrogens with zero attached hydrogens (tertiary/aromatic N) is 2. The summed E-state index contributed by atoms with van der Waals surface area (Å²) >= 11 is 4.91. The molecular weight excluding hydrogens is 380 g/mol. The molecule has 5 nitrogen and oxygen atoms in total.